The highest BCUT2D eigenvalue weighted by molar-refractivity contribution is 9.10. The van der Waals surface area contributed by atoms with Gasteiger partial charge in [0.1, 0.15) is 11.6 Å². The summed E-state index contributed by atoms with van der Waals surface area (Å²) in [6.45, 7) is 1.75. The number of aromatic carboxylic acids is 1. The molecule has 3 rings (SSSR count). The van der Waals surface area contributed by atoms with Crippen LogP contribution in [-0.4, -0.2) is 20.6 Å². The van der Waals surface area contributed by atoms with E-state index in [1.807, 2.05) is 0 Å². The number of carbonyl (C=O) groups is 1. The van der Waals surface area contributed by atoms with Crippen LogP contribution in [0.15, 0.2) is 40.9 Å². The molecular weight excluding hydrogens is 339 g/mol. The van der Waals surface area contributed by atoms with Crippen LogP contribution in [0.25, 0.3) is 16.7 Å². The monoisotopic (exact) mass is 348 g/mol. The molecule has 0 aliphatic rings. The summed E-state index contributed by atoms with van der Waals surface area (Å²) in [5, 5.41) is 9.02. The van der Waals surface area contributed by atoms with E-state index >= 15 is 0 Å². The van der Waals surface area contributed by atoms with Crippen LogP contribution in [0.2, 0.25) is 0 Å². The molecule has 6 heteroatoms. The summed E-state index contributed by atoms with van der Waals surface area (Å²) >= 11 is 3.32. The fourth-order valence-electron chi connectivity index (χ4n) is 2.30. The van der Waals surface area contributed by atoms with Gasteiger partial charge in [-0.1, -0.05) is 15.9 Å². The Morgan fingerprint density at radius 1 is 1.29 bits per heavy atom. The number of aromatic nitrogens is 2. The molecule has 0 aliphatic carbocycles. The molecule has 1 N–H and O–H groups in total. The minimum Gasteiger partial charge on any atom is -0.478 e. The maximum Gasteiger partial charge on any atom is 0.335 e. The van der Waals surface area contributed by atoms with Crippen LogP contribution in [0.5, 0.6) is 0 Å². The molecule has 1 heterocycles. The number of halogens is 2. The number of aryl methyl sites for hydroxylation is 1. The molecule has 106 valence electrons. The summed E-state index contributed by atoms with van der Waals surface area (Å²) in [5.41, 5.74) is 1.70. The average Bonchev–Trinajstić information content (AvgIpc) is 2.76. The largest absolute Gasteiger partial charge is 0.478 e. The first-order valence-corrected chi connectivity index (χ1v) is 6.94. The minimum absolute atomic E-state index is 0.155. The molecule has 0 spiro atoms. The summed E-state index contributed by atoms with van der Waals surface area (Å²) < 4.78 is 16.5. The molecular formula is C15H10BrFN2O2. The second-order valence-electron chi connectivity index (χ2n) is 4.60. The van der Waals surface area contributed by atoms with E-state index in [-0.39, 0.29) is 11.4 Å². The third kappa shape index (κ3) is 2.31. The van der Waals surface area contributed by atoms with Gasteiger partial charge in [-0.05, 0) is 43.3 Å². The summed E-state index contributed by atoms with van der Waals surface area (Å²) in [7, 11) is 0. The highest BCUT2D eigenvalue weighted by Gasteiger charge is 2.14. The normalized spacial score (nSPS) is 11.0. The molecule has 0 aliphatic heterocycles. The van der Waals surface area contributed by atoms with Crippen LogP contribution < -0.4 is 0 Å². The van der Waals surface area contributed by atoms with E-state index in [9.17, 15) is 9.18 Å². The Labute approximate surface area is 128 Å². The van der Waals surface area contributed by atoms with Gasteiger partial charge in [0.15, 0.2) is 0 Å². The number of rotatable bonds is 2. The van der Waals surface area contributed by atoms with Crippen LogP contribution >= 0.6 is 15.9 Å². The molecule has 21 heavy (non-hydrogen) atoms. The molecule has 0 atom stereocenters. The zero-order valence-corrected chi connectivity index (χ0v) is 12.6. The van der Waals surface area contributed by atoms with Gasteiger partial charge in [0.25, 0.3) is 0 Å². The van der Waals surface area contributed by atoms with Crippen molar-refractivity contribution >= 4 is 32.9 Å². The highest BCUT2D eigenvalue weighted by Crippen LogP contribution is 2.26. The number of hydrogen-bond acceptors (Lipinski definition) is 2. The smallest absolute Gasteiger partial charge is 0.335 e. The lowest BCUT2D eigenvalue weighted by molar-refractivity contribution is 0.0697. The van der Waals surface area contributed by atoms with E-state index in [4.69, 9.17) is 5.11 Å². The lowest BCUT2D eigenvalue weighted by atomic mass is 10.2. The zero-order chi connectivity index (χ0) is 15.1. The standard InChI is InChI=1S/C15H10BrFN2O2/c1-8-18-12-6-9(15(20)21)2-5-13(12)19(8)14-7-10(16)3-4-11(14)17/h2-7H,1H3,(H,20,21). The van der Waals surface area contributed by atoms with E-state index in [1.165, 1.54) is 18.2 Å². The van der Waals surface area contributed by atoms with Gasteiger partial charge in [-0.25, -0.2) is 14.2 Å². The summed E-state index contributed by atoms with van der Waals surface area (Å²) in [5.74, 6) is -0.801. The fraction of sp³-hybridized carbons (Fsp3) is 0.0667. The van der Waals surface area contributed by atoms with Crippen molar-refractivity contribution in [1.82, 2.24) is 9.55 Å². The lowest BCUT2D eigenvalue weighted by Crippen LogP contribution is -2.00. The third-order valence-electron chi connectivity index (χ3n) is 3.22. The molecule has 0 saturated heterocycles. The van der Waals surface area contributed by atoms with E-state index in [2.05, 4.69) is 20.9 Å². The molecule has 0 bridgehead atoms. The first-order chi connectivity index (χ1) is 9.97. The van der Waals surface area contributed by atoms with Crippen molar-refractivity contribution in [2.45, 2.75) is 6.92 Å². The van der Waals surface area contributed by atoms with Crippen molar-refractivity contribution < 1.29 is 14.3 Å². The minimum atomic E-state index is -1.02. The molecule has 0 saturated carbocycles. The van der Waals surface area contributed by atoms with E-state index < -0.39 is 5.97 Å². The van der Waals surface area contributed by atoms with Crippen molar-refractivity contribution in [3.05, 3.63) is 58.1 Å². The Morgan fingerprint density at radius 2 is 2.05 bits per heavy atom. The van der Waals surface area contributed by atoms with Gasteiger partial charge in [-0.15, -0.1) is 0 Å². The topological polar surface area (TPSA) is 55.1 Å². The van der Waals surface area contributed by atoms with Gasteiger partial charge >= 0.3 is 5.97 Å². The second kappa shape index (κ2) is 4.96. The Balaban J connectivity index is 2.30. The Kier molecular flexibility index (Phi) is 3.25. The summed E-state index contributed by atoms with van der Waals surface area (Å²) in [6, 6.07) is 9.26. The third-order valence-corrected chi connectivity index (χ3v) is 3.71. The molecule has 0 unspecified atom stereocenters. The van der Waals surface area contributed by atoms with Crippen molar-refractivity contribution in [2.75, 3.05) is 0 Å². The second-order valence-corrected chi connectivity index (χ2v) is 5.51. The molecule has 0 amide bonds. The predicted molar refractivity (Wildman–Crippen MR) is 80.4 cm³/mol. The van der Waals surface area contributed by atoms with Crippen LogP contribution in [0, 0.1) is 12.7 Å². The van der Waals surface area contributed by atoms with E-state index in [1.54, 1.807) is 29.7 Å². The quantitative estimate of drug-likeness (QED) is 0.763. The maximum atomic E-state index is 14.1. The Bertz CT molecular complexity index is 873. The van der Waals surface area contributed by atoms with Crippen LogP contribution in [0.3, 0.4) is 0 Å². The van der Waals surface area contributed by atoms with Crippen LogP contribution in [0.1, 0.15) is 16.2 Å². The van der Waals surface area contributed by atoms with Gasteiger partial charge in [0, 0.05) is 4.47 Å². The van der Waals surface area contributed by atoms with Crippen molar-refractivity contribution in [2.24, 2.45) is 0 Å². The number of benzene rings is 2. The predicted octanol–water partition coefficient (Wildman–Crippen LogP) is 3.93. The van der Waals surface area contributed by atoms with Gasteiger partial charge < -0.3 is 5.11 Å². The lowest BCUT2D eigenvalue weighted by Gasteiger charge is -2.09. The molecule has 2 aromatic carbocycles. The maximum absolute atomic E-state index is 14.1. The number of carboxylic acids is 1. The number of carboxylic acid groups (broad SMARTS) is 1. The first-order valence-electron chi connectivity index (χ1n) is 6.15. The van der Waals surface area contributed by atoms with Crippen molar-refractivity contribution in [1.29, 1.82) is 0 Å². The summed E-state index contributed by atoms with van der Waals surface area (Å²) in [4.78, 5) is 15.3. The van der Waals surface area contributed by atoms with Gasteiger partial charge in [-0.2, -0.15) is 0 Å². The van der Waals surface area contributed by atoms with E-state index in [0.29, 0.717) is 22.5 Å². The summed E-state index contributed by atoms with van der Waals surface area (Å²) in [6.07, 6.45) is 0. The van der Waals surface area contributed by atoms with Gasteiger partial charge in [-0.3, -0.25) is 4.57 Å². The first kappa shape index (κ1) is 13.8. The van der Waals surface area contributed by atoms with E-state index in [0.717, 1.165) is 4.47 Å². The molecule has 4 nitrogen and oxygen atoms in total. The van der Waals surface area contributed by atoms with Crippen molar-refractivity contribution in [3.63, 3.8) is 0 Å². The SMILES string of the molecule is Cc1nc2cc(C(=O)O)ccc2n1-c1cc(Br)ccc1F. The average molecular weight is 349 g/mol. The Hall–Kier alpha value is -2.21. The number of imidazole rings is 1. The fourth-order valence-corrected chi connectivity index (χ4v) is 2.64. The molecule has 1 aromatic heterocycles. The van der Waals surface area contributed by atoms with Crippen molar-refractivity contribution in [3.8, 4) is 5.69 Å². The van der Waals surface area contributed by atoms with Gasteiger partial charge in [0.05, 0.1) is 22.3 Å². The van der Waals surface area contributed by atoms with Crippen LogP contribution in [-0.2, 0) is 0 Å². The highest BCUT2D eigenvalue weighted by atomic mass is 79.9. The molecule has 0 radical (unpaired) electrons. The zero-order valence-electron chi connectivity index (χ0n) is 11.0. The van der Waals surface area contributed by atoms with Crippen LogP contribution in [0.4, 0.5) is 4.39 Å². The number of hydrogen-bond donors (Lipinski definition) is 1. The van der Waals surface area contributed by atoms with Gasteiger partial charge in [0.2, 0.25) is 0 Å². The number of nitrogens with zero attached hydrogens (tertiary/aromatic N) is 2. The molecule has 3 aromatic rings. The number of fused-ring (bicyclic) bond motifs is 1. The Morgan fingerprint density at radius 3 is 2.76 bits per heavy atom. The molecule has 0 fully saturated rings.